The average molecular weight is 603 g/mol. The number of fused-ring (bicyclic) bond motifs is 3. The van der Waals surface area contributed by atoms with Crippen molar-refractivity contribution in [2.75, 3.05) is 29.9 Å². The zero-order chi connectivity index (χ0) is 30.8. The number of rotatable bonds is 9. The van der Waals surface area contributed by atoms with E-state index in [4.69, 9.17) is 4.98 Å². The number of aromatic nitrogens is 2. The summed E-state index contributed by atoms with van der Waals surface area (Å²) in [6.45, 7) is 9.02. The van der Waals surface area contributed by atoms with Gasteiger partial charge in [0.25, 0.3) is 0 Å². The highest BCUT2D eigenvalue weighted by molar-refractivity contribution is 6.01. The van der Waals surface area contributed by atoms with Crippen LogP contribution in [0.4, 0.5) is 16.2 Å². The van der Waals surface area contributed by atoms with Crippen LogP contribution in [0.25, 0.3) is 0 Å². The van der Waals surface area contributed by atoms with Crippen molar-refractivity contribution in [3.05, 3.63) is 113 Å². The number of imidazole rings is 1. The van der Waals surface area contributed by atoms with Gasteiger partial charge in [0.2, 0.25) is 0 Å². The van der Waals surface area contributed by atoms with Gasteiger partial charge < -0.3 is 9.88 Å². The monoisotopic (exact) mass is 602 g/mol. The molecule has 2 fully saturated rings. The molecule has 0 aliphatic carbocycles. The Morgan fingerprint density at radius 2 is 1.58 bits per heavy atom. The van der Waals surface area contributed by atoms with E-state index >= 15 is 0 Å². The van der Waals surface area contributed by atoms with Gasteiger partial charge >= 0.3 is 6.03 Å². The Bertz CT molecular complexity index is 1570. The summed E-state index contributed by atoms with van der Waals surface area (Å²) >= 11 is 0. The van der Waals surface area contributed by atoms with Gasteiger partial charge in [-0.1, -0.05) is 66.2 Å². The fraction of sp³-hybridized carbons (Fsp3) is 0.421. The predicted molar refractivity (Wildman–Crippen MR) is 182 cm³/mol. The molecule has 7 rings (SSSR count). The van der Waals surface area contributed by atoms with E-state index < -0.39 is 0 Å². The summed E-state index contributed by atoms with van der Waals surface area (Å²) in [6.07, 6.45) is 6.98. The number of para-hydroxylation sites is 1. The second kappa shape index (κ2) is 13.2. The number of benzene rings is 3. The van der Waals surface area contributed by atoms with Crippen molar-refractivity contribution in [1.29, 1.82) is 0 Å². The standard InChI is InChI=1S/C38H46N6O/c1-28-14-16-31(17-15-28)40-38(45)43(32-12-7-4-8-13-32)22-9-21-42-33-18-19-34(42)25-35(24-33)44-29(2)39-36-27-41(23-20-37(36)44)26-30-10-5-3-6-11-30/h3-8,10-17,33-35H,9,18-27H2,1-2H3,(H,40,45). The molecule has 0 saturated carbocycles. The molecule has 234 valence electrons. The molecule has 2 bridgehead atoms. The van der Waals surface area contributed by atoms with Gasteiger partial charge in [-0.15, -0.1) is 0 Å². The highest BCUT2D eigenvalue weighted by Crippen LogP contribution is 2.42. The molecule has 45 heavy (non-hydrogen) atoms. The Balaban J connectivity index is 0.977. The smallest absolute Gasteiger partial charge is 0.326 e. The van der Waals surface area contributed by atoms with E-state index in [1.165, 1.54) is 54.0 Å². The maximum absolute atomic E-state index is 13.4. The van der Waals surface area contributed by atoms with E-state index in [1.807, 2.05) is 59.5 Å². The first-order valence-electron chi connectivity index (χ1n) is 16.8. The van der Waals surface area contributed by atoms with Crippen LogP contribution in [-0.4, -0.2) is 57.1 Å². The summed E-state index contributed by atoms with van der Waals surface area (Å²) in [6, 6.07) is 30.5. The minimum absolute atomic E-state index is 0.0746. The number of hydrogen-bond acceptors (Lipinski definition) is 4. The van der Waals surface area contributed by atoms with Crippen molar-refractivity contribution in [3.63, 3.8) is 0 Å². The van der Waals surface area contributed by atoms with Crippen LogP contribution >= 0.6 is 0 Å². The number of urea groups is 1. The molecule has 4 aromatic rings. The largest absolute Gasteiger partial charge is 0.329 e. The van der Waals surface area contributed by atoms with E-state index in [0.717, 1.165) is 50.4 Å². The molecular formula is C38H46N6O. The van der Waals surface area contributed by atoms with Gasteiger partial charge in [-0.25, -0.2) is 9.78 Å². The number of anilines is 2. The fourth-order valence-electron chi connectivity index (χ4n) is 8.07. The third-order valence-corrected chi connectivity index (χ3v) is 10.2. The lowest BCUT2D eigenvalue weighted by molar-refractivity contribution is 0.104. The van der Waals surface area contributed by atoms with Gasteiger partial charge in [-0.05, 0) is 75.8 Å². The van der Waals surface area contributed by atoms with Gasteiger partial charge in [-0.3, -0.25) is 14.7 Å². The predicted octanol–water partition coefficient (Wildman–Crippen LogP) is 7.35. The van der Waals surface area contributed by atoms with Crippen LogP contribution in [0.2, 0.25) is 0 Å². The summed E-state index contributed by atoms with van der Waals surface area (Å²) in [5, 5.41) is 3.11. The molecule has 0 radical (unpaired) electrons. The quantitative estimate of drug-likeness (QED) is 0.218. The Morgan fingerprint density at radius 3 is 2.29 bits per heavy atom. The SMILES string of the molecule is Cc1ccc(NC(=O)N(CCCN2C3CCC2CC(n2c(C)nc4c2CCN(Cc2ccccc2)C4)C3)c2ccccc2)cc1. The summed E-state index contributed by atoms with van der Waals surface area (Å²) in [4.78, 5) is 25.8. The lowest BCUT2D eigenvalue weighted by Gasteiger charge is -2.41. The summed E-state index contributed by atoms with van der Waals surface area (Å²) in [5.74, 6) is 1.19. The molecule has 3 aromatic carbocycles. The fourth-order valence-corrected chi connectivity index (χ4v) is 8.07. The van der Waals surface area contributed by atoms with Crippen LogP contribution in [0.1, 0.15) is 66.5 Å². The number of amides is 2. The molecule has 2 unspecified atom stereocenters. The Labute approximate surface area is 267 Å². The molecule has 4 heterocycles. The molecule has 0 spiro atoms. The lowest BCUT2D eigenvalue weighted by Crippen LogP contribution is -2.45. The first-order chi connectivity index (χ1) is 22.0. The van der Waals surface area contributed by atoms with Crippen molar-refractivity contribution in [1.82, 2.24) is 19.4 Å². The van der Waals surface area contributed by atoms with Gasteiger partial charge in [0.1, 0.15) is 5.82 Å². The number of nitrogens with zero attached hydrogens (tertiary/aromatic N) is 5. The van der Waals surface area contributed by atoms with Crippen molar-refractivity contribution in [3.8, 4) is 0 Å². The van der Waals surface area contributed by atoms with E-state index in [-0.39, 0.29) is 6.03 Å². The molecular weight excluding hydrogens is 556 g/mol. The van der Waals surface area contributed by atoms with Gasteiger partial charge in [0.05, 0.1) is 5.69 Å². The minimum atomic E-state index is -0.0746. The molecule has 3 aliphatic heterocycles. The molecule has 2 atom stereocenters. The van der Waals surface area contributed by atoms with Crippen LogP contribution in [0, 0.1) is 13.8 Å². The van der Waals surface area contributed by atoms with Gasteiger partial charge in [-0.2, -0.15) is 0 Å². The maximum atomic E-state index is 13.4. The van der Waals surface area contributed by atoms with Crippen LogP contribution < -0.4 is 10.2 Å². The number of nitrogens with one attached hydrogen (secondary N) is 1. The van der Waals surface area contributed by atoms with E-state index in [9.17, 15) is 4.79 Å². The third-order valence-electron chi connectivity index (χ3n) is 10.2. The zero-order valence-electron chi connectivity index (χ0n) is 26.7. The summed E-state index contributed by atoms with van der Waals surface area (Å²) in [7, 11) is 0. The topological polar surface area (TPSA) is 56.6 Å². The Morgan fingerprint density at radius 1 is 0.889 bits per heavy atom. The third kappa shape index (κ3) is 6.56. The second-order valence-corrected chi connectivity index (χ2v) is 13.3. The van der Waals surface area contributed by atoms with Crippen LogP contribution in [0.3, 0.4) is 0 Å². The lowest BCUT2D eigenvalue weighted by atomic mass is 9.95. The van der Waals surface area contributed by atoms with Gasteiger partial charge in [0.15, 0.2) is 0 Å². The van der Waals surface area contributed by atoms with E-state index in [2.05, 4.69) is 63.9 Å². The number of carbonyl (C=O) groups excluding carboxylic acids is 1. The van der Waals surface area contributed by atoms with Gasteiger partial charge in [0, 0.05) is 74.3 Å². The molecule has 7 heteroatoms. The van der Waals surface area contributed by atoms with Crippen molar-refractivity contribution >= 4 is 17.4 Å². The molecule has 2 amide bonds. The van der Waals surface area contributed by atoms with E-state index in [1.54, 1.807) is 0 Å². The Hall–Kier alpha value is -3.94. The highest BCUT2D eigenvalue weighted by atomic mass is 16.2. The molecule has 2 saturated heterocycles. The first-order valence-corrected chi connectivity index (χ1v) is 16.8. The van der Waals surface area contributed by atoms with E-state index in [0.29, 0.717) is 24.7 Å². The van der Waals surface area contributed by atoms with Crippen molar-refractivity contribution < 1.29 is 4.79 Å². The maximum Gasteiger partial charge on any atom is 0.326 e. The van der Waals surface area contributed by atoms with Crippen LogP contribution in [0.15, 0.2) is 84.9 Å². The second-order valence-electron chi connectivity index (χ2n) is 13.3. The summed E-state index contributed by atoms with van der Waals surface area (Å²) < 4.78 is 2.63. The minimum Gasteiger partial charge on any atom is -0.329 e. The average Bonchev–Trinajstić information content (AvgIpc) is 3.50. The Kier molecular flexibility index (Phi) is 8.72. The van der Waals surface area contributed by atoms with Crippen LogP contribution in [-0.2, 0) is 19.5 Å². The first kappa shape index (κ1) is 29.8. The zero-order valence-corrected chi connectivity index (χ0v) is 26.7. The number of hydrogen-bond donors (Lipinski definition) is 1. The normalized spacial score (nSPS) is 21.4. The number of carbonyl (C=O) groups is 1. The molecule has 1 N–H and O–H groups in total. The summed E-state index contributed by atoms with van der Waals surface area (Å²) in [5.41, 5.74) is 7.08. The number of aryl methyl sites for hydroxylation is 2. The number of piperidine rings is 1. The molecule has 1 aromatic heterocycles. The molecule has 3 aliphatic rings. The van der Waals surface area contributed by atoms with Crippen molar-refractivity contribution in [2.45, 2.75) is 83.6 Å². The van der Waals surface area contributed by atoms with Crippen LogP contribution in [0.5, 0.6) is 0 Å². The molecule has 7 nitrogen and oxygen atoms in total. The highest BCUT2D eigenvalue weighted by Gasteiger charge is 2.42. The van der Waals surface area contributed by atoms with Crippen molar-refractivity contribution in [2.24, 2.45) is 0 Å².